The Balaban J connectivity index is 2.41. The van der Waals surface area contributed by atoms with Crippen LogP contribution in [0.1, 0.15) is 11.1 Å². The maximum absolute atomic E-state index is 8.65. The smallest absolute Gasteiger partial charge is 0.0756 e. The Bertz CT molecular complexity index is 767. The van der Waals surface area contributed by atoms with Crippen molar-refractivity contribution in [1.29, 1.82) is 0 Å². The van der Waals surface area contributed by atoms with Gasteiger partial charge in [0.15, 0.2) is 0 Å². The van der Waals surface area contributed by atoms with Crippen molar-refractivity contribution < 1.29 is 10.4 Å². The number of rotatable bonds is 2. The number of hydrogen-bond donors (Lipinski definition) is 4. The number of H-pyrrole nitrogens is 2. The summed E-state index contributed by atoms with van der Waals surface area (Å²) in [5.74, 6) is 0. The van der Waals surface area contributed by atoms with Crippen LogP contribution in [0.25, 0.3) is 21.8 Å². The van der Waals surface area contributed by atoms with Gasteiger partial charge in [-0.1, -0.05) is 16.4 Å². The van der Waals surface area contributed by atoms with Gasteiger partial charge in [0.2, 0.25) is 0 Å². The first-order chi connectivity index (χ1) is 8.85. The minimum absolute atomic E-state index is 0.785. The van der Waals surface area contributed by atoms with Crippen LogP contribution in [0.5, 0.6) is 0 Å². The number of hydrogen-bond acceptors (Lipinski definition) is 4. The van der Waals surface area contributed by atoms with Gasteiger partial charge in [-0.3, -0.25) is 0 Å². The lowest BCUT2D eigenvalue weighted by Crippen LogP contribution is -1.80. The third kappa shape index (κ3) is 1.36. The van der Waals surface area contributed by atoms with E-state index >= 15 is 0 Å². The number of nitrogens with one attached hydrogen (secondary N) is 2. The van der Waals surface area contributed by atoms with Gasteiger partial charge in [0.1, 0.15) is 0 Å². The molecule has 0 bridgehead atoms. The van der Waals surface area contributed by atoms with Gasteiger partial charge in [0.05, 0.1) is 17.9 Å². The Morgan fingerprint density at radius 2 is 1.67 bits per heavy atom. The molecule has 1 aromatic carbocycles. The molecule has 0 unspecified atom stereocenters. The van der Waals surface area contributed by atoms with Gasteiger partial charge in [-0.15, -0.1) is 0 Å². The lowest BCUT2D eigenvalue weighted by molar-refractivity contribution is 0.321. The third-order valence-corrected chi connectivity index (χ3v) is 2.95. The van der Waals surface area contributed by atoms with E-state index in [1.54, 1.807) is 12.4 Å². The highest BCUT2D eigenvalue weighted by molar-refractivity contribution is 6.15. The first-order valence-electron chi connectivity index (χ1n) is 5.31. The largest absolute Gasteiger partial charge is 0.411 e. The predicted molar refractivity (Wildman–Crippen MR) is 68.9 cm³/mol. The Morgan fingerprint density at radius 3 is 2.44 bits per heavy atom. The predicted octanol–water partition coefficient (Wildman–Crippen LogP) is 2.27. The van der Waals surface area contributed by atoms with Crippen LogP contribution < -0.4 is 0 Å². The van der Waals surface area contributed by atoms with Crippen molar-refractivity contribution in [3.8, 4) is 0 Å². The van der Waals surface area contributed by atoms with Crippen LogP contribution in [0.2, 0.25) is 0 Å². The van der Waals surface area contributed by atoms with E-state index in [-0.39, 0.29) is 0 Å². The summed E-state index contributed by atoms with van der Waals surface area (Å²) in [6.07, 6.45) is 6.28. The van der Waals surface area contributed by atoms with Crippen molar-refractivity contribution in [2.24, 2.45) is 10.3 Å². The number of oxime groups is 2. The topological polar surface area (TPSA) is 96.8 Å². The standard InChI is InChI=1S/C12H10N4O2/c17-15-5-7-3-14-12-9(7)1-2-10-11(12)8(4-13-10)6-16-18/h1-6,13-14,17-18H. The van der Waals surface area contributed by atoms with E-state index in [1.807, 2.05) is 12.1 Å². The fourth-order valence-electron chi connectivity index (χ4n) is 2.20. The molecule has 18 heavy (non-hydrogen) atoms. The summed E-state index contributed by atoms with van der Waals surface area (Å²) in [6.45, 7) is 0. The van der Waals surface area contributed by atoms with Crippen molar-refractivity contribution in [3.63, 3.8) is 0 Å². The van der Waals surface area contributed by atoms with E-state index in [9.17, 15) is 0 Å². The molecule has 2 heterocycles. The molecule has 3 aromatic rings. The quantitative estimate of drug-likeness (QED) is 0.315. The Labute approximate surface area is 101 Å². The minimum Gasteiger partial charge on any atom is -0.411 e. The average molecular weight is 242 g/mol. The first kappa shape index (κ1) is 10.4. The molecule has 0 aliphatic carbocycles. The molecule has 6 heteroatoms. The van der Waals surface area contributed by atoms with Crippen LogP contribution in [0.3, 0.4) is 0 Å². The number of aromatic nitrogens is 2. The van der Waals surface area contributed by atoms with Crippen molar-refractivity contribution >= 4 is 34.2 Å². The van der Waals surface area contributed by atoms with Crippen LogP contribution in [0.15, 0.2) is 34.8 Å². The highest BCUT2D eigenvalue weighted by Crippen LogP contribution is 2.28. The summed E-state index contributed by atoms with van der Waals surface area (Å²) >= 11 is 0. The lowest BCUT2D eigenvalue weighted by Gasteiger charge is -1.96. The normalized spacial score (nSPS) is 12.4. The molecule has 0 spiro atoms. The SMILES string of the molecule is ON=Cc1c[nH]c2c1ccc1[nH]cc(C=NO)c12. The lowest BCUT2D eigenvalue weighted by atomic mass is 10.1. The highest BCUT2D eigenvalue weighted by atomic mass is 16.4. The molecule has 0 saturated carbocycles. The first-order valence-corrected chi connectivity index (χ1v) is 5.31. The van der Waals surface area contributed by atoms with Gasteiger partial charge >= 0.3 is 0 Å². The summed E-state index contributed by atoms with van der Waals surface area (Å²) < 4.78 is 0. The molecule has 0 fully saturated rings. The second-order valence-electron chi connectivity index (χ2n) is 3.89. The van der Waals surface area contributed by atoms with Gasteiger partial charge in [-0.05, 0) is 6.07 Å². The van der Waals surface area contributed by atoms with Gasteiger partial charge in [-0.25, -0.2) is 0 Å². The Morgan fingerprint density at radius 1 is 0.944 bits per heavy atom. The van der Waals surface area contributed by atoms with Crippen LogP contribution in [-0.2, 0) is 0 Å². The number of fused-ring (bicyclic) bond motifs is 3. The van der Waals surface area contributed by atoms with E-state index in [2.05, 4.69) is 20.3 Å². The zero-order valence-corrected chi connectivity index (χ0v) is 9.25. The summed E-state index contributed by atoms with van der Waals surface area (Å²) in [5, 5.41) is 25.2. The van der Waals surface area contributed by atoms with Crippen molar-refractivity contribution in [2.45, 2.75) is 0 Å². The molecule has 6 nitrogen and oxygen atoms in total. The van der Waals surface area contributed by atoms with Crippen molar-refractivity contribution in [2.75, 3.05) is 0 Å². The fourth-order valence-corrected chi connectivity index (χ4v) is 2.20. The summed E-state index contributed by atoms with van der Waals surface area (Å²) in [6, 6.07) is 3.86. The summed E-state index contributed by atoms with van der Waals surface area (Å²) in [7, 11) is 0. The second kappa shape index (κ2) is 3.92. The Kier molecular flexibility index (Phi) is 2.26. The van der Waals surface area contributed by atoms with E-state index in [1.165, 1.54) is 12.4 Å². The molecular formula is C12H10N4O2. The van der Waals surface area contributed by atoms with Gasteiger partial charge in [-0.2, -0.15) is 0 Å². The fraction of sp³-hybridized carbons (Fsp3) is 0. The maximum Gasteiger partial charge on any atom is 0.0756 e. The molecule has 0 atom stereocenters. The molecule has 2 aromatic heterocycles. The van der Waals surface area contributed by atoms with Gasteiger partial charge in [0, 0.05) is 39.8 Å². The maximum atomic E-state index is 8.65. The number of aromatic amines is 2. The van der Waals surface area contributed by atoms with E-state index in [0.717, 1.165) is 32.9 Å². The van der Waals surface area contributed by atoms with Crippen LogP contribution in [0.4, 0.5) is 0 Å². The summed E-state index contributed by atoms with van der Waals surface area (Å²) in [5.41, 5.74) is 3.42. The monoisotopic (exact) mass is 242 g/mol. The van der Waals surface area contributed by atoms with E-state index in [4.69, 9.17) is 10.4 Å². The highest BCUT2D eigenvalue weighted by Gasteiger charge is 2.10. The van der Waals surface area contributed by atoms with Crippen LogP contribution in [-0.4, -0.2) is 32.8 Å². The van der Waals surface area contributed by atoms with Gasteiger partial charge in [0.25, 0.3) is 0 Å². The molecular weight excluding hydrogens is 232 g/mol. The van der Waals surface area contributed by atoms with Crippen LogP contribution >= 0.6 is 0 Å². The Hall–Kier alpha value is -2.76. The molecule has 0 aliphatic heterocycles. The zero-order valence-electron chi connectivity index (χ0n) is 9.25. The molecule has 90 valence electrons. The van der Waals surface area contributed by atoms with E-state index in [0.29, 0.717) is 0 Å². The molecule has 3 rings (SSSR count). The van der Waals surface area contributed by atoms with Crippen LogP contribution in [0, 0.1) is 0 Å². The molecule has 0 radical (unpaired) electrons. The molecule has 0 amide bonds. The molecule has 4 N–H and O–H groups in total. The minimum atomic E-state index is 0.785. The van der Waals surface area contributed by atoms with Crippen molar-refractivity contribution in [1.82, 2.24) is 9.97 Å². The number of nitrogens with zero attached hydrogens (tertiary/aromatic N) is 2. The van der Waals surface area contributed by atoms with E-state index < -0.39 is 0 Å². The molecule has 0 aliphatic rings. The second-order valence-corrected chi connectivity index (χ2v) is 3.89. The molecule has 0 saturated heterocycles. The summed E-state index contributed by atoms with van der Waals surface area (Å²) in [4.78, 5) is 6.24. The van der Waals surface area contributed by atoms with Gasteiger partial charge < -0.3 is 20.4 Å². The zero-order chi connectivity index (χ0) is 12.5. The number of benzene rings is 1. The average Bonchev–Trinajstić information content (AvgIpc) is 2.95. The van der Waals surface area contributed by atoms with Crippen molar-refractivity contribution in [3.05, 3.63) is 35.7 Å². The third-order valence-electron chi connectivity index (χ3n) is 2.95.